The molecule has 0 atom stereocenters. The number of hydrogen-bond acceptors (Lipinski definition) is 3. The van der Waals surface area contributed by atoms with E-state index in [9.17, 15) is 0 Å². The van der Waals surface area contributed by atoms with E-state index in [4.69, 9.17) is 21.3 Å². The molecule has 0 amide bonds. The van der Waals surface area contributed by atoms with Crippen LogP contribution in [-0.4, -0.2) is 38.0 Å². The minimum atomic E-state index is -0.271. The van der Waals surface area contributed by atoms with Crippen molar-refractivity contribution in [1.29, 1.82) is 0 Å². The van der Waals surface area contributed by atoms with Gasteiger partial charge in [-0.3, -0.25) is 5.10 Å². The van der Waals surface area contributed by atoms with Gasteiger partial charge in [0.2, 0.25) is 0 Å². The summed E-state index contributed by atoms with van der Waals surface area (Å²) < 4.78 is 5.47. The normalized spacial score (nSPS) is 11.4. The Morgan fingerprint density at radius 3 is 2.70 bits per heavy atom. The van der Waals surface area contributed by atoms with Crippen molar-refractivity contribution in [3.63, 3.8) is 0 Å². The Balaban J connectivity index is 2.13. The Labute approximate surface area is 142 Å². The van der Waals surface area contributed by atoms with Gasteiger partial charge in [-0.1, -0.05) is 23.7 Å². The van der Waals surface area contributed by atoms with E-state index in [-0.39, 0.29) is 5.21 Å². The van der Waals surface area contributed by atoms with E-state index in [1.54, 1.807) is 7.11 Å². The van der Waals surface area contributed by atoms with Crippen molar-refractivity contribution in [2.75, 3.05) is 7.11 Å². The van der Waals surface area contributed by atoms with E-state index in [2.05, 4.69) is 25.9 Å². The third-order valence-electron chi connectivity index (χ3n) is 4.04. The molecule has 0 aliphatic heterocycles. The Morgan fingerprint density at radius 2 is 2.04 bits per heavy atom. The van der Waals surface area contributed by atoms with Crippen LogP contribution in [0, 0.1) is 0 Å². The van der Waals surface area contributed by atoms with Gasteiger partial charge in [0, 0.05) is 22.5 Å². The summed E-state index contributed by atoms with van der Waals surface area (Å²) in [6.07, 6.45) is 3.72. The summed E-state index contributed by atoms with van der Waals surface area (Å²) in [6.45, 7) is 0. The smallest absolute Gasteiger partial charge is 0.145 e. The molecule has 1 N–H and O–H groups in total. The zero-order valence-corrected chi connectivity index (χ0v) is 14.1. The van der Waals surface area contributed by atoms with Crippen molar-refractivity contribution >= 4 is 27.3 Å². The lowest BCUT2D eigenvalue weighted by atomic mass is 9.50. The molecule has 0 unspecified atom stereocenters. The van der Waals surface area contributed by atoms with E-state index in [0.717, 1.165) is 28.3 Å². The number of benzene rings is 1. The molecule has 3 rings (SSSR count). The number of rotatable bonds is 4. The average Bonchev–Trinajstić information content (AvgIpc) is 3.09. The molecule has 4 nitrogen and oxygen atoms in total. The fourth-order valence-corrected chi connectivity index (χ4v) is 2.73. The maximum absolute atomic E-state index is 6.12. The molecule has 0 spiro atoms. The molecular formula is C16H16B2ClN3O. The number of nitrogens with zero attached hydrogens (tertiary/aromatic N) is 2. The number of H-pyrrole nitrogens is 1. The summed E-state index contributed by atoms with van der Waals surface area (Å²) in [4.78, 5) is 4.86. The molecule has 0 radical (unpaired) electrons. The number of hydrogen-bond donors (Lipinski definition) is 1. The average molecular weight is 323 g/mol. The highest BCUT2D eigenvalue weighted by atomic mass is 35.5. The Kier molecular flexibility index (Phi) is 4.18. The molecule has 0 bridgehead atoms. The van der Waals surface area contributed by atoms with Crippen LogP contribution < -0.4 is 4.74 Å². The second-order valence-electron chi connectivity index (χ2n) is 5.87. The second-order valence-corrected chi connectivity index (χ2v) is 6.31. The van der Waals surface area contributed by atoms with E-state index in [0.29, 0.717) is 5.02 Å². The summed E-state index contributed by atoms with van der Waals surface area (Å²) in [6, 6.07) is 11.6. The predicted octanol–water partition coefficient (Wildman–Crippen LogP) is 1.60. The highest BCUT2D eigenvalue weighted by Gasteiger charge is 2.27. The largest absolute Gasteiger partial charge is 0.494 e. The third-order valence-corrected chi connectivity index (χ3v) is 4.27. The van der Waals surface area contributed by atoms with E-state index in [1.165, 1.54) is 0 Å². The lowest BCUT2D eigenvalue weighted by molar-refractivity contribution is 0.414. The summed E-state index contributed by atoms with van der Waals surface area (Å²) in [5.74, 6) is 0.721. The van der Waals surface area contributed by atoms with Crippen LogP contribution in [0.4, 0.5) is 0 Å². The number of aromatic amines is 1. The molecule has 0 aliphatic rings. The van der Waals surface area contributed by atoms with E-state index in [1.807, 2.05) is 48.8 Å². The number of methoxy groups -OCH3 is 1. The number of nitrogens with one attached hydrogen (secondary N) is 1. The van der Waals surface area contributed by atoms with Crippen LogP contribution in [-0.2, 0) is 5.21 Å². The molecule has 0 saturated carbocycles. The van der Waals surface area contributed by atoms with Crippen LogP contribution in [0.5, 0.6) is 5.75 Å². The van der Waals surface area contributed by atoms with Gasteiger partial charge in [0.15, 0.2) is 0 Å². The van der Waals surface area contributed by atoms with Gasteiger partial charge in [-0.05, 0) is 35.0 Å². The van der Waals surface area contributed by atoms with Gasteiger partial charge in [-0.2, -0.15) is 5.10 Å². The molecule has 7 heteroatoms. The lowest BCUT2D eigenvalue weighted by Crippen LogP contribution is -2.29. The molecule has 3 aromatic rings. The third kappa shape index (κ3) is 2.99. The van der Waals surface area contributed by atoms with Crippen LogP contribution in [0.25, 0.3) is 11.3 Å². The van der Waals surface area contributed by atoms with E-state index >= 15 is 0 Å². The minimum Gasteiger partial charge on any atom is -0.494 e. The Morgan fingerprint density at radius 1 is 1.22 bits per heavy atom. The minimum absolute atomic E-state index is 0.271. The summed E-state index contributed by atoms with van der Waals surface area (Å²) >= 11 is 6.12. The molecule has 114 valence electrons. The van der Waals surface area contributed by atoms with Gasteiger partial charge in [-0.25, -0.2) is 4.98 Å². The van der Waals surface area contributed by atoms with Gasteiger partial charge >= 0.3 is 0 Å². The molecule has 0 aliphatic carbocycles. The summed E-state index contributed by atoms with van der Waals surface area (Å²) in [7, 11) is 5.88. The van der Waals surface area contributed by atoms with E-state index < -0.39 is 0 Å². The van der Waals surface area contributed by atoms with Crippen molar-refractivity contribution in [1.82, 2.24) is 15.2 Å². The van der Waals surface area contributed by atoms with Crippen molar-refractivity contribution in [3.8, 4) is 17.0 Å². The standard InChI is InChI=1S/C16H16B2ClN3O/c1-23-13-5-6-14(16(17,18)11-8-20-21-9-11)22-15(13)10-3-2-4-12(19)7-10/h2-9H,17-18H2,1H3,(H,20,21). The van der Waals surface area contributed by atoms with Gasteiger partial charge in [-0.15, -0.1) is 0 Å². The fourth-order valence-electron chi connectivity index (χ4n) is 2.54. The maximum Gasteiger partial charge on any atom is 0.145 e. The molecule has 2 heterocycles. The van der Waals surface area contributed by atoms with Crippen molar-refractivity contribution in [3.05, 3.63) is 65.1 Å². The van der Waals surface area contributed by atoms with Crippen LogP contribution in [0.1, 0.15) is 11.3 Å². The van der Waals surface area contributed by atoms with Crippen LogP contribution in [0.2, 0.25) is 5.02 Å². The first-order chi connectivity index (χ1) is 11.0. The number of pyridine rings is 1. The first-order valence-electron chi connectivity index (χ1n) is 7.33. The first kappa shape index (κ1) is 15.7. The molecule has 1 aromatic carbocycles. The summed E-state index contributed by atoms with van der Waals surface area (Å²) in [5.41, 5.74) is 3.73. The Hall–Kier alpha value is -2.20. The Bertz CT molecular complexity index is 822. The molecular weight excluding hydrogens is 307 g/mol. The SMILES string of the molecule is BC(B)(c1cn[nH]c1)c1ccc(OC)c(-c2cccc(Cl)c2)n1. The number of halogens is 1. The highest BCUT2D eigenvalue weighted by Crippen LogP contribution is 2.33. The van der Waals surface area contributed by atoms with Gasteiger partial charge in [0.1, 0.15) is 27.1 Å². The highest BCUT2D eigenvalue weighted by molar-refractivity contribution is 6.42. The predicted molar refractivity (Wildman–Crippen MR) is 97.7 cm³/mol. The summed E-state index contributed by atoms with van der Waals surface area (Å²) in [5, 5.41) is 7.31. The zero-order valence-electron chi connectivity index (χ0n) is 13.3. The van der Waals surface area contributed by atoms with Gasteiger partial charge < -0.3 is 4.74 Å². The monoisotopic (exact) mass is 323 g/mol. The second kappa shape index (κ2) is 6.13. The quantitative estimate of drug-likeness (QED) is 0.742. The van der Waals surface area contributed by atoms with Crippen LogP contribution in [0.3, 0.4) is 0 Å². The number of ether oxygens (including phenoxy) is 1. The molecule has 0 saturated heterocycles. The molecule has 2 aromatic heterocycles. The van der Waals surface area contributed by atoms with Crippen LogP contribution in [0.15, 0.2) is 48.8 Å². The number of aromatic nitrogens is 3. The fraction of sp³-hybridized carbons (Fsp3) is 0.125. The van der Waals surface area contributed by atoms with Crippen molar-refractivity contribution in [2.45, 2.75) is 5.21 Å². The van der Waals surface area contributed by atoms with Crippen LogP contribution >= 0.6 is 11.6 Å². The van der Waals surface area contributed by atoms with Gasteiger partial charge in [0.25, 0.3) is 0 Å². The van der Waals surface area contributed by atoms with Crippen molar-refractivity contribution < 1.29 is 4.74 Å². The maximum atomic E-state index is 6.12. The van der Waals surface area contributed by atoms with Gasteiger partial charge in [0.05, 0.1) is 13.3 Å². The van der Waals surface area contributed by atoms with Crippen molar-refractivity contribution in [2.24, 2.45) is 0 Å². The zero-order chi connectivity index (χ0) is 16.4. The topological polar surface area (TPSA) is 50.8 Å². The molecule has 0 fully saturated rings. The molecule has 23 heavy (non-hydrogen) atoms. The lowest BCUT2D eigenvalue weighted by Gasteiger charge is -2.24. The first-order valence-corrected chi connectivity index (χ1v) is 7.71.